The van der Waals surface area contributed by atoms with Crippen LogP contribution in [0.5, 0.6) is 0 Å². The summed E-state index contributed by atoms with van der Waals surface area (Å²) in [6, 6.07) is 0. The quantitative estimate of drug-likeness (QED) is 0.309. The van der Waals surface area contributed by atoms with Gasteiger partial charge in [-0.05, 0) is 0 Å². The molecule has 0 aliphatic carbocycles. The molecule has 0 radical (unpaired) electrons. The molecule has 1 saturated heterocycles. The number of aliphatic hydroxyl groups is 4. The van der Waals surface area contributed by atoms with Gasteiger partial charge in [0.15, 0.2) is 0 Å². The third-order valence-corrected chi connectivity index (χ3v) is 2.12. The Labute approximate surface area is 64.3 Å². The molecular formula is C6H13NO4. The average molecular weight is 163 g/mol. The molecule has 5 nitrogen and oxygen atoms in total. The maximum absolute atomic E-state index is 9.12. The van der Waals surface area contributed by atoms with Crippen molar-refractivity contribution in [2.24, 2.45) is 11.8 Å². The van der Waals surface area contributed by atoms with Crippen LogP contribution in [-0.4, -0.2) is 46.1 Å². The minimum absolute atomic E-state index is 0.240. The maximum Gasteiger partial charge on any atom is 0.112 e. The lowest BCUT2D eigenvalue weighted by Crippen LogP contribution is -2.31. The van der Waals surface area contributed by atoms with Crippen molar-refractivity contribution < 1.29 is 20.4 Å². The van der Waals surface area contributed by atoms with Gasteiger partial charge in [-0.2, -0.15) is 0 Å². The molecule has 1 aliphatic rings. The van der Waals surface area contributed by atoms with E-state index in [-0.39, 0.29) is 13.2 Å². The molecule has 5 heteroatoms. The van der Waals surface area contributed by atoms with Gasteiger partial charge in [-0.3, -0.25) is 5.32 Å². The Hall–Kier alpha value is -0.200. The Bertz CT molecular complexity index is 118. The number of hydrogen-bond acceptors (Lipinski definition) is 5. The number of aliphatic hydroxyl groups excluding tert-OH is 4. The number of hydrogen-bond donors (Lipinski definition) is 5. The van der Waals surface area contributed by atoms with Crippen LogP contribution in [0.1, 0.15) is 0 Å². The molecule has 4 atom stereocenters. The van der Waals surface area contributed by atoms with Gasteiger partial charge in [0.25, 0.3) is 0 Å². The van der Waals surface area contributed by atoms with E-state index in [4.69, 9.17) is 20.4 Å². The zero-order chi connectivity index (χ0) is 8.43. The Balaban J connectivity index is 2.59. The Morgan fingerprint density at radius 3 is 1.55 bits per heavy atom. The standard InChI is InChI=1S/C6H13NO4/c8-1-3-4(2-9)6(11)7-5(3)10/h3-11H,1-2H2/t3-,4-,5-,6+/m1/s1. The second kappa shape index (κ2) is 3.46. The topological polar surface area (TPSA) is 93.0 Å². The van der Waals surface area contributed by atoms with E-state index in [1.54, 1.807) is 0 Å². The van der Waals surface area contributed by atoms with Crippen LogP contribution in [0.15, 0.2) is 0 Å². The smallest absolute Gasteiger partial charge is 0.112 e. The fourth-order valence-electron chi connectivity index (χ4n) is 1.36. The zero-order valence-electron chi connectivity index (χ0n) is 6.01. The third kappa shape index (κ3) is 1.52. The third-order valence-electron chi connectivity index (χ3n) is 2.12. The van der Waals surface area contributed by atoms with E-state index >= 15 is 0 Å². The van der Waals surface area contributed by atoms with Crippen molar-refractivity contribution in [3.8, 4) is 0 Å². The van der Waals surface area contributed by atoms with E-state index in [1.807, 2.05) is 0 Å². The first kappa shape index (κ1) is 8.89. The summed E-state index contributed by atoms with van der Waals surface area (Å²) in [5, 5.41) is 38.1. The van der Waals surface area contributed by atoms with E-state index in [0.29, 0.717) is 0 Å². The number of nitrogens with one attached hydrogen (secondary N) is 1. The van der Waals surface area contributed by atoms with Crippen molar-refractivity contribution in [2.45, 2.75) is 12.5 Å². The molecule has 1 fully saturated rings. The summed E-state index contributed by atoms with van der Waals surface area (Å²) in [5.74, 6) is -0.954. The molecule has 0 amide bonds. The van der Waals surface area contributed by atoms with Crippen molar-refractivity contribution in [2.75, 3.05) is 13.2 Å². The van der Waals surface area contributed by atoms with Crippen LogP contribution in [-0.2, 0) is 0 Å². The minimum Gasteiger partial charge on any atom is -0.396 e. The average Bonchev–Trinajstić information content (AvgIpc) is 2.24. The molecule has 1 rings (SSSR count). The lowest BCUT2D eigenvalue weighted by Gasteiger charge is -2.16. The molecule has 5 N–H and O–H groups in total. The van der Waals surface area contributed by atoms with Gasteiger partial charge in [0.2, 0.25) is 0 Å². The van der Waals surface area contributed by atoms with Crippen molar-refractivity contribution in [3.63, 3.8) is 0 Å². The molecule has 0 bridgehead atoms. The van der Waals surface area contributed by atoms with Crippen LogP contribution in [0.2, 0.25) is 0 Å². The number of rotatable bonds is 2. The highest BCUT2D eigenvalue weighted by Crippen LogP contribution is 2.23. The summed E-state index contributed by atoms with van der Waals surface area (Å²) in [4.78, 5) is 0. The second-order valence-corrected chi connectivity index (χ2v) is 2.75. The summed E-state index contributed by atoms with van der Waals surface area (Å²) >= 11 is 0. The van der Waals surface area contributed by atoms with Crippen LogP contribution < -0.4 is 5.32 Å². The van der Waals surface area contributed by atoms with Gasteiger partial charge < -0.3 is 20.4 Å². The van der Waals surface area contributed by atoms with Gasteiger partial charge in [-0.25, -0.2) is 0 Å². The maximum atomic E-state index is 9.12. The van der Waals surface area contributed by atoms with Gasteiger partial charge in [0.05, 0.1) is 13.2 Å². The van der Waals surface area contributed by atoms with Crippen LogP contribution in [0.25, 0.3) is 0 Å². The van der Waals surface area contributed by atoms with Crippen LogP contribution >= 0.6 is 0 Å². The van der Waals surface area contributed by atoms with Crippen molar-refractivity contribution in [3.05, 3.63) is 0 Å². The highest BCUT2D eigenvalue weighted by molar-refractivity contribution is 4.86. The molecule has 0 aromatic rings. The molecule has 0 spiro atoms. The Morgan fingerprint density at radius 2 is 1.27 bits per heavy atom. The Morgan fingerprint density at radius 1 is 0.909 bits per heavy atom. The van der Waals surface area contributed by atoms with Gasteiger partial charge >= 0.3 is 0 Å². The van der Waals surface area contributed by atoms with E-state index in [2.05, 4.69) is 5.32 Å². The van der Waals surface area contributed by atoms with Gasteiger partial charge in [-0.1, -0.05) is 0 Å². The fraction of sp³-hybridized carbons (Fsp3) is 1.00. The minimum atomic E-state index is -0.924. The lowest BCUT2D eigenvalue weighted by molar-refractivity contribution is 0.0381. The fourth-order valence-corrected chi connectivity index (χ4v) is 1.36. The summed E-state index contributed by atoms with van der Waals surface area (Å²) in [5.41, 5.74) is 0. The monoisotopic (exact) mass is 163 g/mol. The summed E-state index contributed by atoms with van der Waals surface area (Å²) in [6.45, 7) is -0.479. The van der Waals surface area contributed by atoms with Gasteiger partial charge in [0, 0.05) is 11.8 Å². The van der Waals surface area contributed by atoms with Gasteiger partial charge in [0.1, 0.15) is 12.5 Å². The summed E-state index contributed by atoms with van der Waals surface area (Å²) in [6.07, 6.45) is -1.85. The highest BCUT2D eigenvalue weighted by atomic mass is 16.3. The molecule has 66 valence electrons. The van der Waals surface area contributed by atoms with Crippen LogP contribution in [0.4, 0.5) is 0 Å². The molecule has 0 saturated carbocycles. The first-order chi connectivity index (χ1) is 5.20. The van der Waals surface area contributed by atoms with E-state index in [1.165, 1.54) is 0 Å². The predicted molar refractivity (Wildman–Crippen MR) is 36.3 cm³/mol. The molecule has 0 aromatic carbocycles. The van der Waals surface area contributed by atoms with E-state index in [9.17, 15) is 0 Å². The van der Waals surface area contributed by atoms with Crippen molar-refractivity contribution in [1.29, 1.82) is 0 Å². The van der Waals surface area contributed by atoms with E-state index in [0.717, 1.165) is 0 Å². The van der Waals surface area contributed by atoms with Crippen molar-refractivity contribution >= 4 is 0 Å². The normalized spacial score (nSPS) is 44.7. The summed E-state index contributed by atoms with van der Waals surface area (Å²) in [7, 11) is 0. The predicted octanol–water partition coefficient (Wildman–Crippen LogP) is -2.56. The molecular weight excluding hydrogens is 150 g/mol. The Kier molecular flexibility index (Phi) is 2.80. The molecule has 0 unspecified atom stereocenters. The SMILES string of the molecule is OC[C@@H]1[C@@H](CO)[C@@H](O)N[C@H]1O. The second-order valence-electron chi connectivity index (χ2n) is 2.75. The molecule has 11 heavy (non-hydrogen) atoms. The highest BCUT2D eigenvalue weighted by Gasteiger charge is 2.40. The first-order valence-corrected chi connectivity index (χ1v) is 3.54. The van der Waals surface area contributed by atoms with Crippen LogP contribution in [0, 0.1) is 11.8 Å². The first-order valence-electron chi connectivity index (χ1n) is 3.54. The van der Waals surface area contributed by atoms with Crippen LogP contribution in [0.3, 0.4) is 0 Å². The zero-order valence-corrected chi connectivity index (χ0v) is 6.01. The van der Waals surface area contributed by atoms with Gasteiger partial charge in [-0.15, -0.1) is 0 Å². The molecule has 1 heterocycles. The largest absolute Gasteiger partial charge is 0.396 e. The molecule has 0 aromatic heterocycles. The summed E-state index contributed by atoms with van der Waals surface area (Å²) < 4.78 is 0. The van der Waals surface area contributed by atoms with Crippen molar-refractivity contribution in [1.82, 2.24) is 5.32 Å². The molecule has 1 aliphatic heterocycles. The van der Waals surface area contributed by atoms with E-state index < -0.39 is 24.3 Å². The lowest BCUT2D eigenvalue weighted by atomic mass is 9.95.